The van der Waals surface area contributed by atoms with E-state index in [-0.39, 0.29) is 12.4 Å². The van der Waals surface area contributed by atoms with Gasteiger partial charge in [-0.3, -0.25) is 4.79 Å². The van der Waals surface area contributed by atoms with Crippen molar-refractivity contribution in [1.82, 2.24) is 0 Å². The molecule has 0 spiro atoms. The van der Waals surface area contributed by atoms with E-state index < -0.39 is 5.91 Å². The Balaban J connectivity index is 0.00000169. The van der Waals surface area contributed by atoms with Crippen LogP contribution in [0.15, 0.2) is 18.2 Å². The Bertz CT molecular complexity index is 328. The van der Waals surface area contributed by atoms with Gasteiger partial charge in [-0.2, -0.15) is 0 Å². The third kappa shape index (κ3) is 2.29. The van der Waals surface area contributed by atoms with Crippen LogP contribution < -0.4 is 15.2 Å². The second-order valence-electron chi connectivity index (χ2n) is 2.41. The minimum atomic E-state index is -0.532. The molecule has 1 amide bonds. The van der Waals surface area contributed by atoms with Gasteiger partial charge in [0, 0.05) is 0 Å². The molecule has 0 atom stereocenters. The highest BCUT2D eigenvalue weighted by Crippen LogP contribution is 2.29. The molecule has 1 aromatic rings. The van der Waals surface area contributed by atoms with E-state index in [9.17, 15) is 4.79 Å². The van der Waals surface area contributed by atoms with E-state index in [0.29, 0.717) is 17.1 Å². The summed E-state index contributed by atoms with van der Waals surface area (Å²) in [5, 5.41) is 0. The molecule has 0 aliphatic rings. The van der Waals surface area contributed by atoms with Crippen LogP contribution in [0.1, 0.15) is 10.4 Å². The smallest absolute Gasteiger partial charge is 0.252 e. The van der Waals surface area contributed by atoms with Crippen molar-refractivity contribution >= 4 is 18.3 Å². The third-order valence-electron chi connectivity index (χ3n) is 1.67. The highest BCUT2D eigenvalue weighted by Gasteiger charge is 2.12. The Labute approximate surface area is 88.4 Å². The molecule has 5 heteroatoms. The number of halogens is 1. The van der Waals surface area contributed by atoms with Gasteiger partial charge in [-0.1, -0.05) is 6.07 Å². The fourth-order valence-corrected chi connectivity index (χ4v) is 1.08. The van der Waals surface area contributed by atoms with Crippen LogP contribution in [0.5, 0.6) is 11.5 Å². The number of carbonyl (C=O) groups excluding carboxylic acids is 1. The van der Waals surface area contributed by atoms with Gasteiger partial charge in [-0.15, -0.1) is 12.4 Å². The number of methoxy groups -OCH3 is 2. The highest BCUT2D eigenvalue weighted by molar-refractivity contribution is 5.96. The molecule has 0 radical (unpaired) electrons. The molecule has 0 saturated heterocycles. The van der Waals surface area contributed by atoms with E-state index in [2.05, 4.69) is 0 Å². The summed E-state index contributed by atoms with van der Waals surface area (Å²) in [6.45, 7) is 0. The summed E-state index contributed by atoms with van der Waals surface area (Å²) in [4.78, 5) is 10.9. The standard InChI is InChI=1S/C9H11NO3.ClH/c1-12-7-5-3-4-6(9(10)11)8(7)13-2;/h3-5H,1-2H3,(H2,10,11);1H. The average Bonchev–Trinajstić information content (AvgIpc) is 2.16. The summed E-state index contributed by atoms with van der Waals surface area (Å²) >= 11 is 0. The van der Waals surface area contributed by atoms with Crippen LogP contribution in [-0.2, 0) is 0 Å². The second kappa shape index (κ2) is 5.34. The number of rotatable bonds is 3. The van der Waals surface area contributed by atoms with Crippen LogP contribution in [0.3, 0.4) is 0 Å². The Morgan fingerprint density at radius 3 is 2.36 bits per heavy atom. The van der Waals surface area contributed by atoms with Crippen LogP contribution in [-0.4, -0.2) is 20.1 Å². The molecule has 0 heterocycles. The lowest BCUT2D eigenvalue weighted by atomic mass is 10.2. The first-order valence-corrected chi connectivity index (χ1v) is 3.71. The van der Waals surface area contributed by atoms with Crippen molar-refractivity contribution in [2.24, 2.45) is 5.73 Å². The molecule has 0 aromatic heterocycles. The van der Waals surface area contributed by atoms with Crippen molar-refractivity contribution in [3.05, 3.63) is 23.8 Å². The summed E-state index contributed by atoms with van der Waals surface area (Å²) in [5.74, 6) is 0.340. The topological polar surface area (TPSA) is 61.5 Å². The quantitative estimate of drug-likeness (QED) is 0.828. The van der Waals surface area contributed by atoms with Gasteiger partial charge in [-0.05, 0) is 12.1 Å². The van der Waals surface area contributed by atoms with E-state index in [1.54, 1.807) is 18.2 Å². The normalized spacial score (nSPS) is 8.71. The number of nitrogens with two attached hydrogens (primary N) is 1. The largest absolute Gasteiger partial charge is 0.493 e. The van der Waals surface area contributed by atoms with Crippen molar-refractivity contribution in [2.75, 3.05) is 14.2 Å². The highest BCUT2D eigenvalue weighted by atomic mass is 35.5. The molecule has 78 valence electrons. The molecule has 0 saturated carbocycles. The molecule has 0 bridgehead atoms. The summed E-state index contributed by atoms with van der Waals surface area (Å²) in [6, 6.07) is 4.97. The van der Waals surface area contributed by atoms with Crippen molar-refractivity contribution in [3.63, 3.8) is 0 Å². The van der Waals surface area contributed by atoms with Crippen molar-refractivity contribution in [3.8, 4) is 11.5 Å². The van der Waals surface area contributed by atoms with Gasteiger partial charge in [0.15, 0.2) is 11.5 Å². The first-order chi connectivity index (χ1) is 6.20. The molecular weight excluding hydrogens is 206 g/mol. The zero-order valence-electron chi connectivity index (χ0n) is 7.94. The molecule has 4 nitrogen and oxygen atoms in total. The lowest BCUT2D eigenvalue weighted by Gasteiger charge is -2.09. The number of benzene rings is 1. The molecule has 2 N–H and O–H groups in total. The van der Waals surface area contributed by atoms with Gasteiger partial charge in [0.05, 0.1) is 19.8 Å². The van der Waals surface area contributed by atoms with Crippen LogP contribution in [0.25, 0.3) is 0 Å². The maximum Gasteiger partial charge on any atom is 0.252 e. The fourth-order valence-electron chi connectivity index (χ4n) is 1.08. The van der Waals surface area contributed by atoms with E-state index in [1.807, 2.05) is 0 Å². The van der Waals surface area contributed by atoms with Crippen molar-refractivity contribution in [1.29, 1.82) is 0 Å². The molecular formula is C9H12ClNO3. The van der Waals surface area contributed by atoms with Gasteiger partial charge in [0.25, 0.3) is 5.91 Å². The second-order valence-corrected chi connectivity index (χ2v) is 2.41. The molecule has 0 unspecified atom stereocenters. The molecule has 1 rings (SSSR count). The Morgan fingerprint density at radius 2 is 1.93 bits per heavy atom. The first kappa shape index (κ1) is 12.6. The lowest BCUT2D eigenvalue weighted by molar-refractivity contribution is 0.0996. The number of hydrogen-bond acceptors (Lipinski definition) is 3. The number of carbonyl (C=O) groups is 1. The van der Waals surface area contributed by atoms with Gasteiger partial charge >= 0.3 is 0 Å². The minimum Gasteiger partial charge on any atom is -0.493 e. The number of hydrogen-bond donors (Lipinski definition) is 1. The van der Waals surface area contributed by atoms with Gasteiger partial charge in [0.1, 0.15) is 0 Å². The summed E-state index contributed by atoms with van der Waals surface area (Å²) in [6.07, 6.45) is 0. The van der Waals surface area contributed by atoms with Crippen LogP contribution >= 0.6 is 12.4 Å². The Hall–Kier alpha value is -1.42. The predicted molar refractivity (Wildman–Crippen MR) is 55.3 cm³/mol. The summed E-state index contributed by atoms with van der Waals surface area (Å²) in [7, 11) is 2.97. The SMILES string of the molecule is COc1cccc(C(N)=O)c1OC.Cl. The third-order valence-corrected chi connectivity index (χ3v) is 1.67. The number of amides is 1. The molecule has 14 heavy (non-hydrogen) atoms. The Kier molecular flexibility index (Phi) is 4.80. The molecule has 0 fully saturated rings. The predicted octanol–water partition coefficient (Wildman–Crippen LogP) is 1.22. The van der Waals surface area contributed by atoms with Gasteiger partial charge in [-0.25, -0.2) is 0 Å². The van der Waals surface area contributed by atoms with E-state index in [0.717, 1.165) is 0 Å². The summed E-state index contributed by atoms with van der Waals surface area (Å²) < 4.78 is 10.00. The Morgan fingerprint density at radius 1 is 1.29 bits per heavy atom. The maximum atomic E-state index is 10.9. The number of primary amides is 1. The van der Waals surface area contributed by atoms with Crippen LogP contribution in [0.2, 0.25) is 0 Å². The minimum absolute atomic E-state index is 0. The lowest BCUT2D eigenvalue weighted by Crippen LogP contribution is -2.12. The van der Waals surface area contributed by atoms with Crippen LogP contribution in [0, 0.1) is 0 Å². The maximum absolute atomic E-state index is 10.9. The summed E-state index contributed by atoms with van der Waals surface area (Å²) in [5.41, 5.74) is 5.46. The van der Waals surface area contributed by atoms with Crippen LogP contribution in [0.4, 0.5) is 0 Å². The van der Waals surface area contributed by atoms with Crippen molar-refractivity contribution in [2.45, 2.75) is 0 Å². The number of ether oxygens (including phenoxy) is 2. The average molecular weight is 218 g/mol. The van der Waals surface area contributed by atoms with Gasteiger partial charge in [0.2, 0.25) is 0 Å². The number of para-hydroxylation sites is 1. The zero-order chi connectivity index (χ0) is 9.84. The molecule has 1 aromatic carbocycles. The fraction of sp³-hybridized carbons (Fsp3) is 0.222. The molecule has 0 aliphatic heterocycles. The van der Waals surface area contributed by atoms with E-state index in [4.69, 9.17) is 15.2 Å². The molecule has 0 aliphatic carbocycles. The van der Waals surface area contributed by atoms with E-state index in [1.165, 1.54) is 14.2 Å². The van der Waals surface area contributed by atoms with E-state index >= 15 is 0 Å². The van der Waals surface area contributed by atoms with Crippen molar-refractivity contribution < 1.29 is 14.3 Å². The zero-order valence-corrected chi connectivity index (χ0v) is 8.76. The first-order valence-electron chi connectivity index (χ1n) is 3.71. The monoisotopic (exact) mass is 217 g/mol. The van der Waals surface area contributed by atoms with Gasteiger partial charge < -0.3 is 15.2 Å².